The van der Waals surface area contributed by atoms with Gasteiger partial charge in [-0.25, -0.2) is 15.0 Å². The van der Waals surface area contributed by atoms with Gasteiger partial charge in [-0.15, -0.1) is 0 Å². The number of hydrogen-bond donors (Lipinski definition) is 2. The van der Waals surface area contributed by atoms with E-state index in [2.05, 4.69) is 50.4 Å². The number of hydrogen-bond acceptors (Lipinski definition) is 7. The summed E-state index contributed by atoms with van der Waals surface area (Å²) in [5, 5.41) is 4.37. The van der Waals surface area contributed by atoms with E-state index in [0.717, 1.165) is 33.3 Å². The van der Waals surface area contributed by atoms with Crippen molar-refractivity contribution >= 4 is 22.8 Å². The second-order valence-corrected chi connectivity index (χ2v) is 6.35. The Morgan fingerprint density at radius 1 is 1.07 bits per heavy atom. The van der Waals surface area contributed by atoms with Gasteiger partial charge >= 0.3 is 0 Å². The number of rotatable bonds is 4. The molecule has 3 heterocycles. The van der Waals surface area contributed by atoms with Crippen molar-refractivity contribution in [2.45, 2.75) is 19.9 Å². The summed E-state index contributed by atoms with van der Waals surface area (Å²) in [6.07, 6.45) is 4.97. The molecule has 7 heteroatoms. The maximum absolute atomic E-state index is 5.66. The zero-order valence-corrected chi connectivity index (χ0v) is 15.1. The number of nitrogens with one attached hydrogen (secondary N) is 1. The molecule has 0 aliphatic rings. The molecule has 0 spiro atoms. The van der Waals surface area contributed by atoms with Crippen molar-refractivity contribution in [2.24, 2.45) is 0 Å². The van der Waals surface area contributed by atoms with E-state index >= 15 is 0 Å². The molecule has 1 unspecified atom stereocenters. The van der Waals surface area contributed by atoms with E-state index in [1.54, 1.807) is 6.20 Å². The fraction of sp³-hybridized carbons (Fsp3) is 0.150. The fourth-order valence-corrected chi connectivity index (χ4v) is 3.08. The molecule has 4 rings (SSSR count). The molecule has 0 saturated heterocycles. The maximum Gasteiger partial charge on any atom is 0.227 e. The second-order valence-electron chi connectivity index (χ2n) is 6.35. The van der Waals surface area contributed by atoms with Crippen LogP contribution in [0.3, 0.4) is 0 Å². The molecule has 0 aliphatic carbocycles. The normalized spacial score (nSPS) is 12.1. The lowest BCUT2D eigenvalue weighted by Crippen LogP contribution is -2.12. The van der Waals surface area contributed by atoms with Crippen LogP contribution in [0.4, 0.5) is 11.9 Å². The van der Waals surface area contributed by atoms with Gasteiger partial charge in [-0.3, -0.25) is 4.98 Å². The smallest absolute Gasteiger partial charge is 0.227 e. The predicted octanol–water partition coefficient (Wildman–Crippen LogP) is 3.55. The molecule has 7 nitrogen and oxygen atoms in total. The Kier molecular flexibility index (Phi) is 4.33. The molecule has 0 radical (unpaired) electrons. The van der Waals surface area contributed by atoms with E-state index < -0.39 is 0 Å². The molecular weight excluding hydrogens is 338 g/mol. The Bertz CT molecular complexity index is 1100. The van der Waals surface area contributed by atoms with Crippen LogP contribution >= 0.6 is 0 Å². The van der Waals surface area contributed by atoms with Crippen LogP contribution in [0.5, 0.6) is 0 Å². The fourth-order valence-electron chi connectivity index (χ4n) is 3.08. The van der Waals surface area contributed by atoms with Crippen molar-refractivity contribution in [3.05, 3.63) is 66.2 Å². The number of aromatic nitrogens is 5. The first-order valence-corrected chi connectivity index (χ1v) is 8.63. The molecule has 0 bridgehead atoms. The lowest BCUT2D eigenvalue weighted by Gasteiger charge is -2.19. The van der Waals surface area contributed by atoms with Crippen LogP contribution in [-0.4, -0.2) is 24.9 Å². The first-order valence-electron chi connectivity index (χ1n) is 8.63. The number of nitrogens with two attached hydrogens (primary N) is 1. The highest BCUT2D eigenvalue weighted by Gasteiger charge is 2.17. The molecule has 0 aliphatic heterocycles. The molecule has 27 heavy (non-hydrogen) atoms. The minimum atomic E-state index is -0.0978. The lowest BCUT2D eigenvalue weighted by atomic mass is 9.98. The van der Waals surface area contributed by atoms with Gasteiger partial charge in [-0.05, 0) is 37.6 Å². The quantitative estimate of drug-likeness (QED) is 0.576. The minimum absolute atomic E-state index is 0.0978. The van der Waals surface area contributed by atoms with Crippen LogP contribution in [0, 0.1) is 6.92 Å². The van der Waals surface area contributed by atoms with Gasteiger partial charge in [0.15, 0.2) is 0 Å². The summed E-state index contributed by atoms with van der Waals surface area (Å²) in [7, 11) is 0. The standard InChI is InChI=1S/C20H19N7/c1-12-5-3-6-14-9-16(13(2)25-20-24-11-23-19(21)27-20)18(26-17(12)14)15-7-4-8-22-10-15/h3-11,13H,1-2H3,(H3,21,23,24,25,27). The molecule has 1 atom stereocenters. The van der Waals surface area contributed by atoms with E-state index in [1.807, 2.05) is 31.3 Å². The number of para-hydroxylation sites is 1. The third kappa shape index (κ3) is 3.39. The van der Waals surface area contributed by atoms with Crippen LogP contribution in [0.1, 0.15) is 24.1 Å². The van der Waals surface area contributed by atoms with Crippen LogP contribution in [0.2, 0.25) is 0 Å². The zero-order valence-electron chi connectivity index (χ0n) is 15.1. The van der Waals surface area contributed by atoms with Crippen LogP contribution in [0.15, 0.2) is 55.1 Å². The van der Waals surface area contributed by atoms with Gasteiger partial charge in [-0.2, -0.15) is 4.98 Å². The van der Waals surface area contributed by atoms with Crippen LogP contribution in [-0.2, 0) is 0 Å². The third-order valence-electron chi connectivity index (χ3n) is 4.41. The van der Waals surface area contributed by atoms with Gasteiger partial charge < -0.3 is 11.1 Å². The lowest BCUT2D eigenvalue weighted by molar-refractivity contribution is 0.854. The van der Waals surface area contributed by atoms with Crippen molar-refractivity contribution in [1.29, 1.82) is 0 Å². The van der Waals surface area contributed by atoms with Gasteiger partial charge in [0.05, 0.1) is 17.3 Å². The van der Waals surface area contributed by atoms with E-state index in [1.165, 1.54) is 6.33 Å². The van der Waals surface area contributed by atoms with Gasteiger partial charge in [-0.1, -0.05) is 18.2 Å². The minimum Gasteiger partial charge on any atom is -0.368 e. The number of nitrogen functional groups attached to an aromatic ring is 1. The van der Waals surface area contributed by atoms with E-state index in [-0.39, 0.29) is 12.0 Å². The highest BCUT2D eigenvalue weighted by atomic mass is 15.2. The molecule has 3 N–H and O–H groups in total. The SMILES string of the molecule is Cc1cccc2cc(C(C)Nc3ncnc(N)n3)c(-c3cccnc3)nc12. The van der Waals surface area contributed by atoms with Crippen molar-refractivity contribution < 1.29 is 0 Å². The average Bonchev–Trinajstić information content (AvgIpc) is 2.68. The maximum atomic E-state index is 5.66. The third-order valence-corrected chi connectivity index (χ3v) is 4.41. The molecular formula is C20H19N7. The largest absolute Gasteiger partial charge is 0.368 e. The number of benzene rings is 1. The summed E-state index contributed by atoms with van der Waals surface area (Å²) in [6, 6.07) is 12.2. The van der Waals surface area contributed by atoms with Gasteiger partial charge in [0.1, 0.15) is 6.33 Å². The summed E-state index contributed by atoms with van der Waals surface area (Å²) < 4.78 is 0. The van der Waals surface area contributed by atoms with Gasteiger partial charge in [0.2, 0.25) is 11.9 Å². The molecule has 0 saturated carbocycles. The summed E-state index contributed by atoms with van der Waals surface area (Å²) >= 11 is 0. The summed E-state index contributed by atoms with van der Waals surface area (Å²) in [4.78, 5) is 21.3. The molecule has 3 aromatic heterocycles. The van der Waals surface area contributed by atoms with Crippen LogP contribution < -0.4 is 11.1 Å². The van der Waals surface area contributed by atoms with Crippen LogP contribution in [0.25, 0.3) is 22.2 Å². The number of anilines is 2. The van der Waals surface area contributed by atoms with E-state index in [0.29, 0.717) is 5.95 Å². The number of nitrogens with zero attached hydrogens (tertiary/aromatic N) is 5. The molecule has 134 valence electrons. The topological polar surface area (TPSA) is 102 Å². The average molecular weight is 357 g/mol. The Balaban J connectivity index is 1.84. The molecule has 0 amide bonds. The summed E-state index contributed by atoms with van der Waals surface area (Å²) in [5.74, 6) is 0.607. The number of fused-ring (bicyclic) bond motifs is 1. The van der Waals surface area contributed by atoms with Gasteiger partial charge in [0, 0.05) is 28.9 Å². The van der Waals surface area contributed by atoms with Crippen molar-refractivity contribution in [1.82, 2.24) is 24.9 Å². The number of aryl methyl sites for hydroxylation is 1. The van der Waals surface area contributed by atoms with Crippen molar-refractivity contribution in [3.8, 4) is 11.3 Å². The van der Waals surface area contributed by atoms with Gasteiger partial charge in [0.25, 0.3) is 0 Å². The van der Waals surface area contributed by atoms with E-state index in [9.17, 15) is 0 Å². The summed E-state index contributed by atoms with van der Waals surface area (Å²) in [5.41, 5.74) is 10.6. The highest BCUT2D eigenvalue weighted by Crippen LogP contribution is 2.31. The van der Waals surface area contributed by atoms with E-state index in [4.69, 9.17) is 10.7 Å². The Morgan fingerprint density at radius 3 is 2.74 bits per heavy atom. The second kappa shape index (κ2) is 6.95. The Labute approximate surface area is 156 Å². The predicted molar refractivity (Wildman–Crippen MR) is 106 cm³/mol. The first-order chi connectivity index (χ1) is 13.1. The van der Waals surface area contributed by atoms with Crippen molar-refractivity contribution in [2.75, 3.05) is 11.1 Å². The Hall–Kier alpha value is -3.61. The summed E-state index contributed by atoms with van der Waals surface area (Å²) in [6.45, 7) is 4.11. The highest BCUT2D eigenvalue weighted by molar-refractivity contribution is 5.86. The monoisotopic (exact) mass is 357 g/mol. The Morgan fingerprint density at radius 2 is 1.96 bits per heavy atom. The zero-order chi connectivity index (χ0) is 18.8. The first kappa shape index (κ1) is 16.8. The van der Waals surface area contributed by atoms with Crippen molar-refractivity contribution in [3.63, 3.8) is 0 Å². The number of pyridine rings is 2. The molecule has 0 fully saturated rings. The molecule has 4 aromatic rings. The molecule has 1 aromatic carbocycles.